The van der Waals surface area contributed by atoms with Crippen molar-refractivity contribution in [2.75, 3.05) is 6.61 Å². The Morgan fingerprint density at radius 2 is 1.90 bits per heavy atom. The zero-order valence-corrected chi connectivity index (χ0v) is 13.4. The third-order valence-electron chi connectivity index (χ3n) is 3.54. The first-order valence-electron chi connectivity index (χ1n) is 7.74. The molecule has 0 bridgehead atoms. The summed E-state index contributed by atoms with van der Waals surface area (Å²) < 4.78 is 5.70. The molecule has 0 spiro atoms. The Hall–Kier alpha value is -1.53. The molecule has 0 aliphatic rings. The standard InChI is InChI=1S/C18H27NO2/c1-15(20)6-7-16-8-10-17(11-9-16)21-13-5-4-12-18(2,3)14-19/h8-11,15,20H,4-7,12-13H2,1-3H3. The van der Waals surface area contributed by atoms with Gasteiger partial charge in [0.15, 0.2) is 0 Å². The van der Waals surface area contributed by atoms with E-state index in [1.54, 1.807) is 0 Å². The number of nitrogens with zero attached hydrogens (tertiary/aromatic N) is 1. The Balaban J connectivity index is 2.23. The van der Waals surface area contributed by atoms with E-state index in [0.717, 1.165) is 37.9 Å². The zero-order valence-electron chi connectivity index (χ0n) is 13.4. The normalized spacial score (nSPS) is 12.7. The molecule has 0 amide bonds. The first-order valence-corrected chi connectivity index (χ1v) is 7.74. The fourth-order valence-electron chi connectivity index (χ4n) is 2.04. The van der Waals surface area contributed by atoms with Gasteiger partial charge in [0.1, 0.15) is 5.75 Å². The average molecular weight is 289 g/mol. The highest BCUT2D eigenvalue weighted by Crippen LogP contribution is 2.22. The van der Waals surface area contributed by atoms with Crippen molar-refractivity contribution in [1.82, 2.24) is 0 Å². The Bertz CT molecular complexity index is 443. The van der Waals surface area contributed by atoms with E-state index in [1.165, 1.54) is 5.56 Å². The number of nitriles is 1. The largest absolute Gasteiger partial charge is 0.494 e. The molecule has 1 aromatic rings. The van der Waals surface area contributed by atoms with Crippen LogP contribution >= 0.6 is 0 Å². The van der Waals surface area contributed by atoms with Gasteiger partial charge in [0, 0.05) is 0 Å². The monoisotopic (exact) mass is 289 g/mol. The zero-order chi connectivity index (χ0) is 15.7. The van der Waals surface area contributed by atoms with Gasteiger partial charge in [-0.3, -0.25) is 0 Å². The Morgan fingerprint density at radius 1 is 1.24 bits per heavy atom. The molecule has 3 heteroatoms. The molecule has 0 saturated heterocycles. The molecule has 21 heavy (non-hydrogen) atoms. The van der Waals surface area contributed by atoms with Crippen molar-refractivity contribution in [3.05, 3.63) is 29.8 Å². The van der Waals surface area contributed by atoms with Gasteiger partial charge in [0.05, 0.1) is 24.2 Å². The Morgan fingerprint density at radius 3 is 2.48 bits per heavy atom. The van der Waals surface area contributed by atoms with Crippen molar-refractivity contribution in [1.29, 1.82) is 5.26 Å². The molecule has 0 saturated carbocycles. The summed E-state index contributed by atoms with van der Waals surface area (Å²) >= 11 is 0. The van der Waals surface area contributed by atoms with Crippen molar-refractivity contribution in [3.8, 4) is 11.8 Å². The Labute approximate surface area is 128 Å². The quantitative estimate of drug-likeness (QED) is 0.696. The lowest BCUT2D eigenvalue weighted by Gasteiger charge is -2.14. The number of aryl methyl sites for hydroxylation is 1. The predicted octanol–water partition coefficient (Wildman–Crippen LogP) is 4.10. The number of benzene rings is 1. The number of ether oxygens (including phenoxy) is 1. The van der Waals surface area contributed by atoms with Gasteiger partial charge in [-0.1, -0.05) is 12.1 Å². The van der Waals surface area contributed by atoms with Crippen molar-refractivity contribution in [3.63, 3.8) is 0 Å². The molecule has 0 radical (unpaired) electrons. The number of hydrogen-bond acceptors (Lipinski definition) is 3. The van der Waals surface area contributed by atoms with Crippen LogP contribution in [0.15, 0.2) is 24.3 Å². The third kappa shape index (κ3) is 7.72. The van der Waals surface area contributed by atoms with Crippen LogP contribution in [0.1, 0.15) is 52.0 Å². The first kappa shape index (κ1) is 17.5. The van der Waals surface area contributed by atoms with Crippen molar-refractivity contribution in [2.24, 2.45) is 5.41 Å². The minimum atomic E-state index is -0.251. The van der Waals surface area contributed by atoms with Crippen LogP contribution in [0.25, 0.3) is 0 Å². The van der Waals surface area contributed by atoms with Gasteiger partial charge in [-0.15, -0.1) is 0 Å². The van der Waals surface area contributed by atoms with Crippen LogP contribution < -0.4 is 4.74 Å². The molecule has 1 N–H and O–H groups in total. The molecular weight excluding hydrogens is 262 g/mol. The molecule has 1 atom stereocenters. The number of rotatable bonds is 9. The summed E-state index contributed by atoms with van der Waals surface area (Å²) in [5.41, 5.74) is 0.991. The van der Waals surface area contributed by atoms with Gasteiger partial charge < -0.3 is 9.84 Å². The summed E-state index contributed by atoms with van der Waals surface area (Å²) in [6, 6.07) is 10.4. The number of unbranched alkanes of at least 4 members (excludes halogenated alkanes) is 1. The molecule has 0 aromatic heterocycles. The maximum absolute atomic E-state index is 9.27. The predicted molar refractivity (Wildman–Crippen MR) is 85.2 cm³/mol. The number of aliphatic hydroxyl groups excluding tert-OH is 1. The van der Waals surface area contributed by atoms with Crippen LogP contribution in [0.5, 0.6) is 5.75 Å². The SMILES string of the molecule is CC(O)CCc1ccc(OCCCCC(C)(C)C#N)cc1. The van der Waals surface area contributed by atoms with Crippen molar-refractivity contribution < 1.29 is 9.84 Å². The number of hydrogen-bond donors (Lipinski definition) is 1. The summed E-state index contributed by atoms with van der Waals surface area (Å²) in [5.74, 6) is 0.885. The summed E-state index contributed by atoms with van der Waals surface area (Å²) in [5, 5.41) is 18.2. The maximum atomic E-state index is 9.27. The molecule has 1 aromatic carbocycles. The minimum absolute atomic E-state index is 0.231. The topological polar surface area (TPSA) is 53.2 Å². The lowest BCUT2D eigenvalue weighted by molar-refractivity contribution is 0.185. The van der Waals surface area contributed by atoms with E-state index in [9.17, 15) is 5.11 Å². The lowest BCUT2D eigenvalue weighted by Crippen LogP contribution is -2.08. The minimum Gasteiger partial charge on any atom is -0.494 e. The molecule has 1 unspecified atom stereocenters. The van der Waals surface area contributed by atoms with Gasteiger partial charge in [-0.05, 0) is 70.6 Å². The molecule has 0 aliphatic heterocycles. The van der Waals surface area contributed by atoms with Crippen LogP contribution in [0.4, 0.5) is 0 Å². The molecule has 0 fully saturated rings. The van der Waals surface area contributed by atoms with Crippen molar-refractivity contribution >= 4 is 0 Å². The van der Waals surface area contributed by atoms with E-state index >= 15 is 0 Å². The summed E-state index contributed by atoms with van der Waals surface area (Å²) in [6.07, 6.45) is 4.31. The fourth-order valence-corrected chi connectivity index (χ4v) is 2.04. The Kier molecular flexibility index (Phi) is 7.25. The molecule has 116 valence electrons. The molecule has 1 rings (SSSR count). The number of aliphatic hydroxyl groups is 1. The second kappa shape index (κ2) is 8.69. The van der Waals surface area contributed by atoms with Crippen LogP contribution in [-0.2, 0) is 6.42 Å². The van der Waals surface area contributed by atoms with Gasteiger partial charge >= 0.3 is 0 Å². The molecule has 0 heterocycles. The van der Waals surface area contributed by atoms with Crippen LogP contribution in [0.2, 0.25) is 0 Å². The average Bonchev–Trinajstić information content (AvgIpc) is 2.46. The van der Waals surface area contributed by atoms with Gasteiger partial charge in [-0.2, -0.15) is 5.26 Å². The summed E-state index contributed by atoms with van der Waals surface area (Å²) in [7, 11) is 0. The fraction of sp³-hybridized carbons (Fsp3) is 0.611. The van der Waals surface area contributed by atoms with Gasteiger partial charge in [0.2, 0.25) is 0 Å². The molecular formula is C18H27NO2. The smallest absolute Gasteiger partial charge is 0.119 e. The van der Waals surface area contributed by atoms with E-state index in [-0.39, 0.29) is 11.5 Å². The highest BCUT2D eigenvalue weighted by Gasteiger charge is 2.15. The maximum Gasteiger partial charge on any atom is 0.119 e. The highest BCUT2D eigenvalue weighted by molar-refractivity contribution is 5.27. The third-order valence-corrected chi connectivity index (χ3v) is 3.54. The van der Waals surface area contributed by atoms with E-state index in [0.29, 0.717) is 6.61 Å². The second-order valence-electron chi connectivity index (χ2n) is 6.33. The molecule has 0 aliphatic carbocycles. The first-order chi connectivity index (χ1) is 9.93. The highest BCUT2D eigenvalue weighted by atomic mass is 16.5. The van der Waals surface area contributed by atoms with E-state index in [4.69, 9.17) is 10.00 Å². The van der Waals surface area contributed by atoms with Crippen LogP contribution in [-0.4, -0.2) is 17.8 Å². The van der Waals surface area contributed by atoms with Crippen LogP contribution in [0, 0.1) is 16.7 Å². The van der Waals surface area contributed by atoms with E-state index in [2.05, 4.69) is 18.2 Å². The molecule has 3 nitrogen and oxygen atoms in total. The van der Waals surface area contributed by atoms with E-state index in [1.807, 2.05) is 32.9 Å². The summed E-state index contributed by atoms with van der Waals surface area (Å²) in [4.78, 5) is 0. The van der Waals surface area contributed by atoms with E-state index < -0.39 is 0 Å². The lowest BCUT2D eigenvalue weighted by atomic mass is 9.89. The second-order valence-corrected chi connectivity index (χ2v) is 6.33. The van der Waals surface area contributed by atoms with Crippen molar-refractivity contribution in [2.45, 2.75) is 59.0 Å². The van der Waals surface area contributed by atoms with Gasteiger partial charge in [-0.25, -0.2) is 0 Å². The van der Waals surface area contributed by atoms with Crippen LogP contribution in [0.3, 0.4) is 0 Å². The van der Waals surface area contributed by atoms with Gasteiger partial charge in [0.25, 0.3) is 0 Å². The summed E-state index contributed by atoms with van der Waals surface area (Å²) in [6.45, 7) is 6.44.